The number of amides is 1. The highest BCUT2D eigenvalue weighted by Gasteiger charge is 2.37. The fraction of sp³-hybridized carbons (Fsp3) is 0.538. The van der Waals surface area contributed by atoms with Gasteiger partial charge in [-0.2, -0.15) is 17.7 Å². The van der Waals surface area contributed by atoms with Gasteiger partial charge in [-0.25, -0.2) is 0 Å². The second-order valence-electron chi connectivity index (χ2n) is 5.30. The number of piperidine rings is 1. The van der Waals surface area contributed by atoms with Crippen LogP contribution in [-0.4, -0.2) is 50.3 Å². The van der Waals surface area contributed by atoms with Crippen molar-refractivity contribution >= 4 is 17.4 Å². The number of carbonyl (C=O) groups excluding carboxylic acids is 1. The third kappa shape index (κ3) is 3.35. The van der Waals surface area contributed by atoms with Gasteiger partial charge in [-0.3, -0.25) is 4.79 Å². The van der Waals surface area contributed by atoms with Crippen molar-refractivity contribution in [3.63, 3.8) is 0 Å². The minimum absolute atomic E-state index is 0.00904. The third-order valence-corrected chi connectivity index (χ3v) is 3.65. The summed E-state index contributed by atoms with van der Waals surface area (Å²) in [6, 6.07) is 2.83. The number of hydrogen-bond acceptors (Lipinski definition) is 5. The Bertz CT molecular complexity index is 707. The van der Waals surface area contributed by atoms with E-state index < -0.39 is 12.0 Å². The molecule has 3 heterocycles. The van der Waals surface area contributed by atoms with Gasteiger partial charge in [-0.05, 0) is 31.4 Å². The Hall–Kier alpha value is -2.39. The van der Waals surface area contributed by atoms with Crippen LogP contribution < -0.4 is 5.32 Å². The van der Waals surface area contributed by atoms with E-state index in [2.05, 4.69) is 20.6 Å². The van der Waals surface area contributed by atoms with Crippen molar-refractivity contribution in [1.29, 1.82) is 0 Å². The molecule has 7 nitrogen and oxygen atoms in total. The molecule has 1 aliphatic rings. The van der Waals surface area contributed by atoms with Crippen LogP contribution in [0.2, 0.25) is 0 Å². The van der Waals surface area contributed by atoms with Gasteiger partial charge in [0.15, 0.2) is 5.65 Å². The van der Waals surface area contributed by atoms with Gasteiger partial charge >= 0.3 is 6.18 Å². The van der Waals surface area contributed by atoms with Crippen molar-refractivity contribution in [2.24, 2.45) is 0 Å². The number of likely N-dealkylation sites (tertiary alicyclic amines) is 1. The maximum absolute atomic E-state index is 12.8. The molecule has 0 radical (unpaired) electrons. The fourth-order valence-electron chi connectivity index (χ4n) is 2.48. The van der Waals surface area contributed by atoms with E-state index in [-0.39, 0.29) is 23.9 Å². The molecule has 1 aliphatic heterocycles. The summed E-state index contributed by atoms with van der Waals surface area (Å²) in [5.41, 5.74) is -0.00904. The lowest BCUT2D eigenvalue weighted by molar-refractivity contribution is -0.146. The van der Waals surface area contributed by atoms with Crippen LogP contribution in [0.15, 0.2) is 12.1 Å². The summed E-state index contributed by atoms with van der Waals surface area (Å²) < 4.78 is 39.0. The first-order valence-electron chi connectivity index (χ1n) is 7.26. The number of anilines is 1. The maximum Gasteiger partial charge on any atom is 0.453 e. The van der Waals surface area contributed by atoms with Gasteiger partial charge in [-0.15, -0.1) is 15.3 Å². The van der Waals surface area contributed by atoms with Crippen molar-refractivity contribution < 1.29 is 18.0 Å². The number of rotatable bonds is 3. The third-order valence-electron chi connectivity index (χ3n) is 3.65. The molecule has 1 fully saturated rings. The van der Waals surface area contributed by atoms with Gasteiger partial charge in [0.1, 0.15) is 5.82 Å². The number of nitrogens with one attached hydrogen (secondary N) is 1. The number of nitrogens with zero attached hydrogens (tertiary/aromatic N) is 5. The summed E-state index contributed by atoms with van der Waals surface area (Å²) >= 11 is 0. The molecule has 0 saturated carbocycles. The Balaban J connectivity index is 1.71. The smallest absolute Gasteiger partial charge is 0.360 e. The highest BCUT2D eigenvalue weighted by atomic mass is 19.4. The molecule has 0 spiro atoms. The van der Waals surface area contributed by atoms with E-state index in [9.17, 15) is 18.0 Å². The molecule has 23 heavy (non-hydrogen) atoms. The van der Waals surface area contributed by atoms with E-state index >= 15 is 0 Å². The average Bonchev–Trinajstić information content (AvgIpc) is 2.96. The van der Waals surface area contributed by atoms with Crippen LogP contribution in [0.4, 0.5) is 19.0 Å². The van der Waals surface area contributed by atoms with E-state index in [4.69, 9.17) is 0 Å². The largest absolute Gasteiger partial charge is 0.453 e. The Morgan fingerprint density at radius 1 is 1.17 bits per heavy atom. The summed E-state index contributed by atoms with van der Waals surface area (Å²) in [6.45, 7) is 1.43. The van der Waals surface area contributed by atoms with E-state index in [0.29, 0.717) is 4.52 Å². The molecule has 0 unspecified atom stereocenters. The topological polar surface area (TPSA) is 75.4 Å². The summed E-state index contributed by atoms with van der Waals surface area (Å²) in [7, 11) is 0. The highest BCUT2D eigenvalue weighted by Crippen LogP contribution is 2.27. The zero-order valence-corrected chi connectivity index (χ0v) is 12.2. The molecule has 1 N–H and O–H groups in total. The molecule has 0 bridgehead atoms. The van der Waals surface area contributed by atoms with Crippen LogP contribution in [-0.2, 0) is 11.0 Å². The van der Waals surface area contributed by atoms with Gasteiger partial charge in [0, 0.05) is 13.1 Å². The van der Waals surface area contributed by atoms with Crippen molar-refractivity contribution in [1.82, 2.24) is 24.7 Å². The van der Waals surface area contributed by atoms with E-state index in [1.165, 1.54) is 12.1 Å². The van der Waals surface area contributed by atoms with Gasteiger partial charge in [-0.1, -0.05) is 0 Å². The predicted octanol–water partition coefficient (Wildman–Crippen LogP) is 1.57. The van der Waals surface area contributed by atoms with E-state index in [1.807, 2.05) is 0 Å². The van der Waals surface area contributed by atoms with Crippen molar-refractivity contribution in [2.45, 2.75) is 25.4 Å². The number of fused-ring (bicyclic) bond motifs is 1. The molecule has 0 aliphatic carbocycles. The number of hydrogen-bond donors (Lipinski definition) is 1. The Morgan fingerprint density at radius 2 is 1.91 bits per heavy atom. The van der Waals surface area contributed by atoms with Gasteiger partial charge in [0.05, 0.1) is 6.54 Å². The molecule has 0 aromatic carbocycles. The number of carbonyl (C=O) groups is 1. The molecule has 2 aromatic rings. The summed E-state index contributed by atoms with van der Waals surface area (Å²) in [5.74, 6) is -1.13. The van der Waals surface area contributed by atoms with E-state index in [0.717, 1.165) is 32.4 Å². The molecule has 0 atom stereocenters. The molecular formula is C13H15F3N6O. The van der Waals surface area contributed by atoms with Crippen LogP contribution in [0.3, 0.4) is 0 Å². The van der Waals surface area contributed by atoms with Gasteiger partial charge in [0.2, 0.25) is 5.91 Å². The quantitative estimate of drug-likeness (QED) is 0.925. The second kappa shape index (κ2) is 6.01. The Kier molecular flexibility index (Phi) is 4.05. The zero-order chi connectivity index (χ0) is 16.4. The average molecular weight is 328 g/mol. The summed E-state index contributed by atoms with van der Waals surface area (Å²) in [6.07, 6.45) is -1.57. The number of aromatic nitrogens is 4. The molecule has 1 saturated heterocycles. The molecule has 3 rings (SSSR count). The van der Waals surface area contributed by atoms with Crippen LogP contribution in [0.5, 0.6) is 0 Å². The lowest BCUT2D eigenvalue weighted by Gasteiger charge is -2.26. The standard InChI is InChI=1S/C13H15F3N6O/c14-13(15,16)12-19-18-10-5-4-9(20-22(10)12)17-8-11(23)21-6-2-1-3-7-21/h4-5H,1-3,6-8H2,(H,17,20). The maximum atomic E-state index is 12.8. The van der Waals surface area contributed by atoms with Crippen molar-refractivity contribution in [3.05, 3.63) is 18.0 Å². The lowest BCUT2D eigenvalue weighted by atomic mass is 10.1. The molecular weight excluding hydrogens is 313 g/mol. The van der Waals surface area contributed by atoms with Gasteiger partial charge < -0.3 is 10.2 Å². The summed E-state index contributed by atoms with van der Waals surface area (Å²) in [5, 5.41) is 13.1. The molecule has 2 aromatic heterocycles. The highest BCUT2D eigenvalue weighted by molar-refractivity contribution is 5.80. The predicted molar refractivity (Wildman–Crippen MR) is 74.7 cm³/mol. The van der Waals surface area contributed by atoms with Crippen LogP contribution >= 0.6 is 0 Å². The zero-order valence-electron chi connectivity index (χ0n) is 12.2. The normalized spacial score (nSPS) is 15.9. The first-order chi connectivity index (χ1) is 10.9. The second-order valence-corrected chi connectivity index (χ2v) is 5.30. The number of alkyl halides is 3. The SMILES string of the molecule is O=C(CNc1ccc2nnc(C(F)(F)F)n2n1)N1CCCCC1. The minimum atomic E-state index is -4.64. The first kappa shape index (κ1) is 15.5. The van der Waals surface area contributed by atoms with Crippen LogP contribution in [0.1, 0.15) is 25.1 Å². The van der Waals surface area contributed by atoms with Crippen LogP contribution in [0.25, 0.3) is 5.65 Å². The molecule has 124 valence electrons. The monoisotopic (exact) mass is 328 g/mol. The summed E-state index contributed by atoms with van der Waals surface area (Å²) in [4.78, 5) is 13.8. The van der Waals surface area contributed by atoms with Gasteiger partial charge in [0.25, 0.3) is 5.82 Å². The molecule has 10 heteroatoms. The number of halogens is 3. The van der Waals surface area contributed by atoms with Crippen molar-refractivity contribution in [3.8, 4) is 0 Å². The molecule has 1 amide bonds. The Labute approximate surface area is 129 Å². The minimum Gasteiger partial charge on any atom is -0.360 e. The Morgan fingerprint density at radius 3 is 2.61 bits per heavy atom. The van der Waals surface area contributed by atoms with E-state index in [1.54, 1.807) is 4.90 Å². The van der Waals surface area contributed by atoms with Crippen LogP contribution in [0, 0.1) is 0 Å². The first-order valence-corrected chi connectivity index (χ1v) is 7.26. The van der Waals surface area contributed by atoms with Crippen molar-refractivity contribution in [2.75, 3.05) is 25.0 Å². The fourth-order valence-corrected chi connectivity index (χ4v) is 2.48. The lowest BCUT2D eigenvalue weighted by Crippen LogP contribution is -2.39.